The predicted octanol–water partition coefficient (Wildman–Crippen LogP) is 5.48. The Labute approximate surface area is 177 Å². The lowest BCUT2D eigenvalue weighted by atomic mass is 9.62. The minimum absolute atomic E-state index is 0.320. The van der Waals surface area contributed by atoms with E-state index in [-0.39, 0.29) is 18.0 Å². The molecule has 1 aliphatic rings. The summed E-state index contributed by atoms with van der Waals surface area (Å²) >= 11 is 0. The van der Waals surface area contributed by atoms with Crippen LogP contribution in [-0.4, -0.2) is 17.0 Å². The van der Waals surface area contributed by atoms with Crippen LogP contribution in [0.4, 0.5) is 0 Å². The number of hydrogen-bond acceptors (Lipinski definition) is 3. The molecule has 0 saturated heterocycles. The average molecular weight is 402 g/mol. The van der Waals surface area contributed by atoms with Crippen LogP contribution < -0.4 is 0 Å². The molecule has 0 aromatic heterocycles. The van der Waals surface area contributed by atoms with E-state index >= 15 is 0 Å². The predicted molar refractivity (Wildman–Crippen MR) is 116 cm³/mol. The van der Waals surface area contributed by atoms with Crippen molar-refractivity contribution in [2.45, 2.75) is 25.4 Å². The summed E-state index contributed by atoms with van der Waals surface area (Å²) in [6, 6.07) is 30.9. The number of carbonyl (C=O) groups is 2. The molecule has 1 fully saturated rings. The third kappa shape index (κ3) is 5.35. The summed E-state index contributed by atoms with van der Waals surface area (Å²) in [5.41, 5.74) is 1.81. The van der Waals surface area contributed by atoms with Crippen LogP contribution in [0.2, 0.25) is 0 Å². The quantitative estimate of drug-likeness (QED) is 0.574. The number of hydrogen-bond donors (Lipinski definition) is 1. The fourth-order valence-corrected chi connectivity index (χ4v) is 3.73. The van der Waals surface area contributed by atoms with Gasteiger partial charge in [-0.1, -0.05) is 97.1 Å². The molecule has 30 heavy (non-hydrogen) atoms. The van der Waals surface area contributed by atoms with E-state index in [0.717, 1.165) is 11.1 Å². The molecule has 1 aliphatic carbocycles. The van der Waals surface area contributed by atoms with Crippen LogP contribution >= 0.6 is 0 Å². The zero-order valence-corrected chi connectivity index (χ0v) is 16.9. The summed E-state index contributed by atoms with van der Waals surface area (Å²) < 4.78 is 5.59. The van der Waals surface area contributed by atoms with Crippen molar-refractivity contribution in [1.29, 1.82) is 0 Å². The maximum absolute atomic E-state index is 12.5. The van der Waals surface area contributed by atoms with Crippen LogP contribution in [0.5, 0.6) is 0 Å². The lowest BCUT2D eigenvalue weighted by Crippen LogP contribution is -2.44. The Morgan fingerprint density at radius 1 is 0.800 bits per heavy atom. The van der Waals surface area contributed by atoms with Gasteiger partial charge in [0.1, 0.15) is 6.10 Å². The van der Waals surface area contributed by atoms with E-state index in [9.17, 15) is 14.7 Å². The number of carboxylic acids is 1. The summed E-state index contributed by atoms with van der Waals surface area (Å²) in [5, 5.41) is 9.37. The van der Waals surface area contributed by atoms with Gasteiger partial charge in [0, 0.05) is 5.92 Å². The first-order valence-corrected chi connectivity index (χ1v) is 10.1. The molecule has 0 spiro atoms. The fraction of sp³-hybridized carbons (Fsp3) is 0.231. The highest BCUT2D eigenvalue weighted by molar-refractivity contribution is 5.82. The first-order chi connectivity index (χ1) is 14.6. The van der Waals surface area contributed by atoms with Crippen molar-refractivity contribution in [2.75, 3.05) is 0 Å². The van der Waals surface area contributed by atoms with Crippen LogP contribution in [-0.2, 0) is 14.3 Å². The number of benzene rings is 3. The Morgan fingerprint density at radius 2 is 1.27 bits per heavy atom. The van der Waals surface area contributed by atoms with Gasteiger partial charge in [0.05, 0.1) is 11.8 Å². The standard InChI is InChI=1S/C20H20O4.C6H6/c1-13(14-8-4-2-5-9-14)24-20(23)17-12-16(19(21)22)18(17)15-10-6-3-7-11-15;1-2-4-6-5-3-1/h2-11,13,16-18H,12H2,1H3,(H,21,22);1-6H/t13-,16?,17?,18?;/m0./s1. The van der Waals surface area contributed by atoms with E-state index in [1.807, 2.05) is 104 Å². The third-order valence-electron chi connectivity index (χ3n) is 5.41. The Balaban J connectivity index is 0.000000367. The fourth-order valence-electron chi connectivity index (χ4n) is 3.73. The normalized spacial score (nSPS) is 20.6. The van der Waals surface area contributed by atoms with Crippen molar-refractivity contribution in [2.24, 2.45) is 11.8 Å². The van der Waals surface area contributed by atoms with E-state index in [0.29, 0.717) is 6.42 Å². The molecule has 0 heterocycles. The highest BCUT2D eigenvalue weighted by Gasteiger charge is 2.50. The van der Waals surface area contributed by atoms with Crippen LogP contribution in [0.1, 0.15) is 36.5 Å². The van der Waals surface area contributed by atoms with Crippen LogP contribution in [0.15, 0.2) is 97.1 Å². The number of rotatable bonds is 5. The number of aliphatic carboxylic acids is 1. The molecule has 4 nitrogen and oxygen atoms in total. The summed E-state index contributed by atoms with van der Waals surface area (Å²) in [4.78, 5) is 24.0. The van der Waals surface area contributed by atoms with E-state index in [1.54, 1.807) is 0 Å². The molecule has 0 aliphatic heterocycles. The maximum Gasteiger partial charge on any atom is 0.310 e. The molecule has 154 valence electrons. The van der Waals surface area contributed by atoms with Gasteiger partial charge in [-0.2, -0.15) is 0 Å². The Morgan fingerprint density at radius 3 is 1.77 bits per heavy atom. The zero-order chi connectivity index (χ0) is 21.3. The highest BCUT2D eigenvalue weighted by atomic mass is 16.5. The molecule has 1 N–H and O–H groups in total. The molecular formula is C26H26O4. The molecule has 3 aromatic carbocycles. The van der Waals surface area contributed by atoms with E-state index in [2.05, 4.69) is 0 Å². The van der Waals surface area contributed by atoms with Gasteiger partial charge in [0.2, 0.25) is 0 Å². The van der Waals surface area contributed by atoms with E-state index < -0.39 is 17.8 Å². The molecule has 0 bridgehead atoms. The Bertz CT molecular complexity index is 898. The van der Waals surface area contributed by atoms with Crippen LogP contribution in [0.3, 0.4) is 0 Å². The lowest BCUT2D eigenvalue weighted by molar-refractivity contribution is -0.165. The van der Waals surface area contributed by atoms with Crippen molar-refractivity contribution >= 4 is 11.9 Å². The second-order valence-corrected chi connectivity index (χ2v) is 7.37. The highest BCUT2D eigenvalue weighted by Crippen LogP contribution is 2.48. The van der Waals surface area contributed by atoms with Crippen molar-refractivity contribution in [3.05, 3.63) is 108 Å². The first-order valence-electron chi connectivity index (χ1n) is 10.1. The van der Waals surface area contributed by atoms with Gasteiger partial charge in [0.25, 0.3) is 0 Å². The monoisotopic (exact) mass is 402 g/mol. The van der Waals surface area contributed by atoms with Crippen molar-refractivity contribution in [1.82, 2.24) is 0 Å². The number of esters is 1. The SMILES string of the molecule is C[C@H](OC(=O)C1CC(C(=O)O)C1c1ccccc1)c1ccccc1.c1ccccc1. The molecular weight excluding hydrogens is 376 g/mol. The van der Waals surface area contributed by atoms with Gasteiger partial charge in [-0.05, 0) is 24.5 Å². The van der Waals surface area contributed by atoms with Gasteiger partial charge < -0.3 is 9.84 Å². The summed E-state index contributed by atoms with van der Waals surface area (Å²) in [7, 11) is 0. The van der Waals surface area contributed by atoms with Gasteiger partial charge in [-0.15, -0.1) is 0 Å². The second kappa shape index (κ2) is 10.4. The molecule has 3 unspecified atom stereocenters. The van der Waals surface area contributed by atoms with Gasteiger partial charge >= 0.3 is 11.9 Å². The third-order valence-corrected chi connectivity index (χ3v) is 5.41. The molecule has 4 atom stereocenters. The van der Waals surface area contributed by atoms with Gasteiger partial charge in [-0.25, -0.2) is 0 Å². The van der Waals surface area contributed by atoms with Gasteiger partial charge in [0.15, 0.2) is 0 Å². The minimum atomic E-state index is -0.857. The van der Waals surface area contributed by atoms with Crippen LogP contribution in [0, 0.1) is 11.8 Å². The van der Waals surface area contributed by atoms with E-state index in [1.165, 1.54) is 0 Å². The van der Waals surface area contributed by atoms with Crippen molar-refractivity contribution in [3.8, 4) is 0 Å². The first kappa shape index (κ1) is 21.3. The largest absolute Gasteiger partial charge is 0.481 e. The van der Waals surface area contributed by atoms with Crippen molar-refractivity contribution in [3.63, 3.8) is 0 Å². The topological polar surface area (TPSA) is 63.6 Å². The smallest absolute Gasteiger partial charge is 0.310 e. The lowest BCUT2D eigenvalue weighted by Gasteiger charge is -2.41. The molecule has 1 saturated carbocycles. The van der Waals surface area contributed by atoms with Gasteiger partial charge in [-0.3, -0.25) is 9.59 Å². The van der Waals surface area contributed by atoms with Crippen molar-refractivity contribution < 1.29 is 19.4 Å². The maximum atomic E-state index is 12.5. The summed E-state index contributed by atoms with van der Waals surface area (Å²) in [6.07, 6.45) is -0.0195. The average Bonchev–Trinajstić information content (AvgIpc) is 2.76. The molecule has 3 aromatic rings. The zero-order valence-electron chi connectivity index (χ0n) is 16.9. The van der Waals surface area contributed by atoms with Crippen LogP contribution in [0.25, 0.3) is 0 Å². The molecule has 0 amide bonds. The molecule has 0 radical (unpaired) electrons. The Kier molecular flexibility index (Phi) is 7.39. The number of carbonyl (C=O) groups excluding carboxylic acids is 1. The number of ether oxygens (including phenoxy) is 1. The summed E-state index contributed by atoms with van der Waals surface area (Å²) in [5.74, 6) is -2.43. The second-order valence-electron chi connectivity index (χ2n) is 7.37. The number of carboxylic acid groups (broad SMARTS) is 1. The molecule has 4 rings (SSSR count). The minimum Gasteiger partial charge on any atom is -0.481 e. The summed E-state index contributed by atoms with van der Waals surface area (Å²) in [6.45, 7) is 1.83. The Hall–Kier alpha value is -3.40. The van der Waals surface area contributed by atoms with E-state index in [4.69, 9.17) is 4.74 Å². The molecule has 4 heteroatoms.